The molecule has 0 spiro atoms. The van der Waals surface area contributed by atoms with Gasteiger partial charge in [0.2, 0.25) is 0 Å². The minimum absolute atomic E-state index is 0.249. The van der Waals surface area contributed by atoms with E-state index in [-0.39, 0.29) is 24.1 Å². The zero-order chi connectivity index (χ0) is 19.7. The summed E-state index contributed by atoms with van der Waals surface area (Å²) in [6.07, 6.45) is 1.57. The molecule has 0 saturated carbocycles. The number of carbonyl (C=O) groups is 1. The second kappa shape index (κ2) is 7.19. The molecule has 0 fully saturated rings. The molecule has 2 aromatic carbocycles. The molecule has 1 amide bonds. The molecule has 0 aliphatic rings. The van der Waals surface area contributed by atoms with Gasteiger partial charge in [-0.25, -0.2) is 13.8 Å². The van der Waals surface area contributed by atoms with Gasteiger partial charge in [-0.3, -0.25) is 9.48 Å². The average Bonchev–Trinajstić information content (AvgIpc) is 3.07. The number of pyridine rings is 1. The van der Waals surface area contributed by atoms with E-state index in [1.165, 1.54) is 24.3 Å². The number of amides is 1. The fraction of sp³-hybridized carbons (Fsp3) is 0.0952. The summed E-state index contributed by atoms with van der Waals surface area (Å²) in [7, 11) is 1.73. The van der Waals surface area contributed by atoms with Crippen molar-refractivity contribution >= 4 is 16.9 Å². The molecule has 2 heterocycles. The number of benzene rings is 2. The lowest BCUT2D eigenvalue weighted by molar-refractivity contribution is 0.0952. The van der Waals surface area contributed by atoms with E-state index < -0.39 is 0 Å². The zero-order valence-corrected chi connectivity index (χ0v) is 15.0. The van der Waals surface area contributed by atoms with Crippen molar-refractivity contribution in [1.29, 1.82) is 0 Å². The summed E-state index contributed by atoms with van der Waals surface area (Å²) >= 11 is 0. The summed E-state index contributed by atoms with van der Waals surface area (Å²) in [5.41, 5.74) is 2.72. The standard InChI is InChI=1S/C21H16F2N4O/c1-27-20-18(12-25-27)17(10-19(26-20)14-3-2-4-16(23)9-14)21(28)24-11-13-5-7-15(22)8-6-13/h2-10,12H,11H2,1H3,(H,24,28). The van der Waals surface area contributed by atoms with Crippen LogP contribution in [0.1, 0.15) is 15.9 Å². The lowest BCUT2D eigenvalue weighted by Gasteiger charge is -2.09. The third-order valence-electron chi connectivity index (χ3n) is 4.44. The SMILES string of the molecule is Cn1ncc2c(C(=O)NCc3ccc(F)cc3)cc(-c3cccc(F)c3)nc21. The number of aromatic nitrogens is 3. The minimum atomic E-state index is -0.383. The maximum atomic E-state index is 13.6. The van der Waals surface area contributed by atoms with Crippen LogP contribution in [0.4, 0.5) is 8.78 Å². The van der Waals surface area contributed by atoms with Crippen molar-refractivity contribution in [3.05, 3.63) is 83.6 Å². The number of hydrogen-bond acceptors (Lipinski definition) is 3. The molecule has 7 heteroatoms. The average molecular weight is 378 g/mol. The summed E-state index contributed by atoms with van der Waals surface area (Å²) in [6.45, 7) is 0.249. The van der Waals surface area contributed by atoms with Gasteiger partial charge < -0.3 is 5.32 Å². The molecular formula is C21H16F2N4O. The normalized spacial score (nSPS) is 11.0. The number of nitrogens with one attached hydrogen (secondary N) is 1. The summed E-state index contributed by atoms with van der Waals surface area (Å²) < 4.78 is 28.2. The van der Waals surface area contributed by atoms with Crippen LogP contribution in [0, 0.1) is 11.6 Å². The molecule has 5 nitrogen and oxygen atoms in total. The third-order valence-corrected chi connectivity index (χ3v) is 4.44. The molecule has 0 saturated heterocycles. The van der Waals surface area contributed by atoms with E-state index in [0.29, 0.717) is 27.9 Å². The van der Waals surface area contributed by atoms with Crippen LogP contribution in [0.5, 0.6) is 0 Å². The third kappa shape index (κ3) is 3.46. The Morgan fingerprint density at radius 1 is 1.07 bits per heavy atom. The van der Waals surface area contributed by atoms with Gasteiger partial charge in [0.25, 0.3) is 5.91 Å². The predicted molar refractivity (Wildman–Crippen MR) is 101 cm³/mol. The highest BCUT2D eigenvalue weighted by atomic mass is 19.1. The van der Waals surface area contributed by atoms with Gasteiger partial charge in [0, 0.05) is 19.2 Å². The highest BCUT2D eigenvalue weighted by Crippen LogP contribution is 2.25. The number of fused-ring (bicyclic) bond motifs is 1. The monoisotopic (exact) mass is 378 g/mol. The first-order chi connectivity index (χ1) is 13.5. The predicted octanol–water partition coefficient (Wildman–Crippen LogP) is 3.84. The molecule has 1 N–H and O–H groups in total. The Morgan fingerprint density at radius 2 is 1.86 bits per heavy atom. The molecule has 0 bridgehead atoms. The van der Waals surface area contributed by atoms with Crippen molar-refractivity contribution in [2.45, 2.75) is 6.54 Å². The van der Waals surface area contributed by atoms with Gasteiger partial charge in [0.15, 0.2) is 5.65 Å². The number of hydrogen-bond donors (Lipinski definition) is 1. The minimum Gasteiger partial charge on any atom is -0.348 e. The Kier molecular flexibility index (Phi) is 4.57. The maximum absolute atomic E-state index is 13.6. The van der Waals surface area contributed by atoms with Crippen LogP contribution >= 0.6 is 0 Å². The second-order valence-corrected chi connectivity index (χ2v) is 6.38. The van der Waals surface area contributed by atoms with Crippen molar-refractivity contribution in [3.8, 4) is 11.3 Å². The molecule has 2 aromatic heterocycles. The van der Waals surface area contributed by atoms with Gasteiger partial charge in [0.1, 0.15) is 11.6 Å². The van der Waals surface area contributed by atoms with Gasteiger partial charge in [-0.15, -0.1) is 0 Å². The highest BCUT2D eigenvalue weighted by molar-refractivity contribution is 6.06. The molecule has 0 unspecified atom stereocenters. The summed E-state index contributed by atoms with van der Waals surface area (Å²) in [4.78, 5) is 17.4. The molecule has 0 atom stereocenters. The maximum Gasteiger partial charge on any atom is 0.252 e. The number of halogens is 2. The first-order valence-corrected chi connectivity index (χ1v) is 8.62. The molecule has 4 aromatic rings. The lowest BCUT2D eigenvalue weighted by atomic mass is 10.1. The Bertz CT molecular complexity index is 1170. The molecule has 28 heavy (non-hydrogen) atoms. The van der Waals surface area contributed by atoms with Crippen molar-refractivity contribution in [2.75, 3.05) is 0 Å². The van der Waals surface area contributed by atoms with E-state index in [1.807, 2.05) is 0 Å². The van der Waals surface area contributed by atoms with Crippen LogP contribution in [0.25, 0.3) is 22.3 Å². The largest absolute Gasteiger partial charge is 0.348 e. The summed E-state index contributed by atoms with van der Waals surface area (Å²) in [5.74, 6) is -1.03. The van der Waals surface area contributed by atoms with E-state index in [9.17, 15) is 13.6 Å². The number of rotatable bonds is 4. The second-order valence-electron chi connectivity index (χ2n) is 6.38. The van der Waals surface area contributed by atoms with Gasteiger partial charge in [-0.2, -0.15) is 5.10 Å². The number of aryl methyl sites for hydroxylation is 1. The molecule has 140 valence electrons. The van der Waals surface area contributed by atoms with E-state index in [1.54, 1.807) is 48.3 Å². The smallest absolute Gasteiger partial charge is 0.252 e. The van der Waals surface area contributed by atoms with E-state index >= 15 is 0 Å². The Morgan fingerprint density at radius 3 is 2.61 bits per heavy atom. The van der Waals surface area contributed by atoms with Gasteiger partial charge in [-0.05, 0) is 35.9 Å². The van der Waals surface area contributed by atoms with Crippen LogP contribution in [-0.4, -0.2) is 20.7 Å². The van der Waals surface area contributed by atoms with Crippen LogP contribution in [0.15, 0.2) is 60.8 Å². The Labute approximate surface area is 159 Å². The van der Waals surface area contributed by atoms with Crippen molar-refractivity contribution in [2.24, 2.45) is 7.05 Å². The summed E-state index contributed by atoms with van der Waals surface area (Å²) in [6, 6.07) is 13.6. The summed E-state index contributed by atoms with van der Waals surface area (Å²) in [5, 5.41) is 7.60. The fourth-order valence-electron chi connectivity index (χ4n) is 2.98. The van der Waals surface area contributed by atoms with Gasteiger partial charge in [0.05, 0.1) is 22.8 Å². The highest BCUT2D eigenvalue weighted by Gasteiger charge is 2.17. The van der Waals surface area contributed by atoms with Gasteiger partial charge in [-0.1, -0.05) is 24.3 Å². The van der Waals surface area contributed by atoms with E-state index in [2.05, 4.69) is 15.4 Å². The Hall–Kier alpha value is -3.61. The topological polar surface area (TPSA) is 59.8 Å². The molecule has 0 aliphatic heterocycles. The number of nitrogens with zero attached hydrogens (tertiary/aromatic N) is 3. The number of carbonyl (C=O) groups excluding carboxylic acids is 1. The van der Waals surface area contributed by atoms with Crippen LogP contribution in [0.3, 0.4) is 0 Å². The quantitative estimate of drug-likeness (QED) is 0.587. The Balaban J connectivity index is 1.70. The molecular weight excluding hydrogens is 362 g/mol. The molecule has 0 aliphatic carbocycles. The van der Waals surface area contributed by atoms with Crippen LogP contribution in [0.2, 0.25) is 0 Å². The van der Waals surface area contributed by atoms with Crippen molar-refractivity contribution < 1.29 is 13.6 Å². The zero-order valence-electron chi connectivity index (χ0n) is 15.0. The van der Waals surface area contributed by atoms with Gasteiger partial charge >= 0.3 is 0 Å². The molecule has 4 rings (SSSR count). The van der Waals surface area contributed by atoms with E-state index in [0.717, 1.165) is 5.56 Å². The van der Waals surface area contributed by atoms with Crippen LogP contribution < -0.4 is 5.32 Å². The fourth-order valence-corrected chi connectivity index (χ4v) is 2.98. The molecule has 0 radical (unpaired) electrons. The first kappa shape index (κ1) is 17.8. The van der Waals surface area contributed by atoms with Crippen molar-refractivity contribution in [1.82, 2.24) is 20.1 Å². The van der Waals surface area contributed by atoms with Crippen molar-refractivity contribution in [3.63, 3.8) is 0 Å². The van der Waals surface area contributed by atoms with E-state index in [4.69, 9.17) is 0 Å². The van der Waals surface area contributed by atoms with Crippen LogP contribution in [-0.2, 0) is 13.6 Å². The first-order valence-electron chi connectivity index (χ1n) is 8.62. The lowest BCUT2D eigenvalue weighted by Crippen LogP contribution is -2.23.